The van der Waals surface area contributed by atoms with Crippen molar-refractivity contribution in [3.63, 3.8) is 0 Å². The summed E-state index contributed by atoms with van der Waals surface area (Å²) in [5, 5.41) is 0. The molecule has 2 atom stereocenters. The van der Waals surface area contributed by atoms with Crippen LogP contribution in [0, 0.1) is 17.5 Å². The second-order valence-corrected chi connectivity index (χ2v) is 6.80. The van der Waals surface area contributed by atoms with Crippen LogP contribution in [-0.4, -0.2) is 25.9 Å². The first-order valence-electron chi connectivity index (χ1n) is 9.68. The molecule has 3 nitrogen and oxygen atoms in total. The highest BCUT2D eigenvalue weighted by Crippen LogP contribution is 2.36. The van der Waals surface area contributed by atoms with Crippen LogP contribution in [0.3, 0.4) is 0 Å². The van der Waals surface area contributed by atoms with E-state index in [0.717, 1.165) is 12.8 Å². The molecule has 1 saturated heterocycles. The molecule has 0 amide bonds. The molecular weight excluding hydrogens is 369 g/mol. The Hall–Kier alpha value is -2.05. The van der Waals surface area contributed by atoms with Crippen LogP contribution < -0.4 is 4.74 Å². The first kappa shape index (κ1) is 20.7. The van der Waals surface area contributed by atoms with Gasteiger partial charge in [-0.15, -0.1) is 0 Å². The highest BCUT2D eigenvalue weighted by Gasteiger charge is 2.28. The number of hydrogen-bond acceptors (Lipinski definition) is 3. The Morgan fingerprint density at radius 2 is 1.79 bits per heavy atom. The second kappa shape index (κ2) is 9.43. The van der Waals surface area contributed by atoms with Crippen LogP contribution in [0.4, 0.5) is 13.2 Å². The molecule has 2 aromatic rings. The highest BCUT2D eigenvalue weighted by molar-refractivity contribution is 5.66. The van der Waals surface area contributed by atoms with Crippen molar-refractivity contribution in [1.29, 1.82) is 0 Å². The number of hydrogen-bond donors (Lipinski definition) is 0. The predicted molar refractivity (Wildman–Crippen MR) is 101 cm³/mol. The SMILES string of the molecule is CCCOC1CCC(c2ccc(-c3ccc(OCC)cc3F)c(F)c2F)OC1. The van der Waals surface area contributed by atoms with E-state index in [9.17, 15) is 13.2 Å². The summed E-state index contributed by atoms with van der Waals surface area (Å²) >= 11 is 0. The molecule has 2 aromatic carbocycles. The molecule has 0 radical (unpaired) electrons. The van der Waals surface area contributed by atoms with Crippen LogP contribution in [0.25, 0.3) is 11.1 Å². The Bertz CT molecular complexity index is 802. The number of rotatable bonds is 7. The van der Waals surface area contributed by atoms with E-state index in [1.807, 2.05) is 6.92 Å². The first-order valence-corrected chi connectivity index (χ1v) is 9.68. The topological polar surface area (TPSA) is 27.7 Å². The molecule has 1 aliphatic heterocycles. The van der Waals surface area contributed by atoms with Crippen LogP contribution >= 0.6 is 0 Å². The molecule has 2 unspecified atom stereocenters. The fraction of sp³-hybridized carbons (Fsp3) is 0.455. The molecule has 0 N–H and O–H groups in total. The van der Waals surface area contributed by atoms with Gasteiger partial charge in [-0.25, -0.2) is 13.2 Å². The Labute approximate surface area is 163 Å². The first-order chi connectivity index (χ1) is 13.5. The van der Waals surface area contributed by atoms with E-state index >= 15 is 0 Å². The van der Waals surface area contributed by atoms with Crippen molar-refractivity contribution in [2.24, 2.45) is 0 Å². The summed E-state index contributed by atoms with van der Waals surface area (Å²) in [6, 6.07) is 6.97. The maximum Gasteiger partial charge on any atom is 0.167 e. The Balaban J connectivity index is 1.79. The lowest BCUT2D eigenvalue weighted by Gasteiger charge is -2.29. The molecule has 0 saturated carbocycles. The molecule has 0 aromatic heterocycles. The maximum absolute atomic E-state index is 14.7. The van der Waals surface area contributed by atoms with Gasteiger partial charge in [0.05, 0.1) is 25.4 Å². The van der Waals surface area contributed by atoms with Gasteiger partial charge in [-0.1, -0.05) is 19.1 Å². The summed E-state index contributed by atoms with van der Waals surface area (Å²) in [5.41, 5.74) is 0.0206. The number of halogens is 3. The van der Waals surface area contributed by atoms with Crippen LogP contribution in [0.2, 0.25) is 0 Å². The normalized spacial score (nSPS) is 19.6. The summed E-state index contributed by atoms with van der Waals surface area (Å²) in [4.78, 5) is 0. The fourth-order valence-corrected chi connectivity index (χ4v) is 3.38. The van der Waals surface area contributed by atoms with Gasteiger partial charge < -0.3 is 14.2 Å². The Morgan fingerprint density at radius 1 is 1.00 bits per heavy atom. The number of ether oxygens (including phenoxy) is 3. The standard InChI is InChI=1S/C22H25F3O3/c1-3-11-27-15-6-10-20(28-13-15)18-9-8-17(21(24)22(18)25)16-7-5-14(26-4-2)12-19(16)23/h5,7-9,12,15,20H,3-4,6,10-11,13H2,1-2H3. The monoisotopic (exact) mass is 394 g/mol. The van der Waals surface area contributed by atoms with Gasteiger partial charge in [-0.2, -0.15) is 0 Å². The van der Waals surface area contributed by atoms with Crippen LogP contribution in [0.5, 0.6) is 5.75 Å². The van der Waals surface area contributed by atoms with E-state index in [-0.39, 0.29) is 22.8 Å². The Kier molecular flexibility index (Phi) is 6.97. The zero-order valence-corrected chi connectivity index (χ0v) is 16.1. The average Bonchev–Trinajstić information content (AvgIpc) is 2.70. The third kappa shape index (κ3) is 4.50. The van der Waals surface area contributed by atoms with Crippen molar-refractivity contribution in [2.45, 2.75) is 45.3 Å². The van der Waals surface area contributed by atoms with Crippen molar-refractivity contribution >= 4 is 0 Å². The molecular formula is C22H25F3O3. The van der Waals surface area contributed by atoms with Gasteiger partial charge in [-0.3, -0.25) is 0 Å². The molecule has 3 rings (SSSR count). The quantitative estimate of drug-likeness (QED) is 0.593. The zero-order valence-electron chi connectivity index (χ0n) is 16.1. The summed E-state index contributed by atoms with van der Waals surface area (Å²) in [5.74, 6) is -2.39. The molecule has 0 bridgehead atoms. The van der Waals surface area contributed by atoms with Gasteiger partial charge in [0.25, 0.3) is 0 Å². The molecule has 1 aliphatic rings. The van der Waals surface area contributed by atoms with Crippen molar-refractivity contribution < 1.29 is 27.4 Å². The molecule has 28 heavy (non-hydrogen) atoms. The van der Waals surface area contributed by atoms with E-state index in [4.69, 9.17) is 14.2 Å². The second-order valence-electron chi connectivity index (χ2n) is 6.80. The van der Waals surface area contributed by atoms with Gasteiger partial charge in [0.1, 0.15) is 11.6 Å². The highest BCUT2D eigenvalue weighted by atomic mass is 19.2. The van der Waals surface area contributed by atoms with Crippen LogP contribution in [0.15, 0.2) is 30.3 Å². The third-order valence-corrected chi connectivity index (χ3v) is 4.79. The van der Waals surface area contributed by atoms with E-state index in [2.05, 4.69) is 0 Å². The summed E-state index contributed by atoms with van der Waals surface area (Å²) in [6.07, 6.45) is 1.64. The Morgan fingerprint density at radius 3 is 2.43 bits per heavy atom. The molecule has 0 spiro atoms. The van der Waals surface area contributed by atoms with Crippen molar-refractivity contribution in [2.75, 3.05) is 19.8 Å². The smallest absolute Gasteiger partial charge is 0.167 e. The molecule has 152 valence electrons. The lowest BCUT2D eigenvalue weighted by atomic mass is 9.96. The van der Waals surface area contributed by atoms with Crippen LogP contribution in [-0.2, 0) is 9.47 Å². The largest absolute Gasteiger partial charge is 0.494 e. The van der Waals surface area contributed by atoms with E-state index in [1.54, 1.807) is 6.92 Å². The van der Waals surface area contributed by atoms with E-state index in [0.29, 0.717) is 32.0 Å². The molecule has 6 heteroatoms. The minimum Gasteiger partial charge on any atom is -0.494 e. The van der Waals surface area contributed by atoms with E-state index in [1.165, 1.54) is 30.3 Å². The van der Waals surface area contributed by atoms with Gasteiger partial charge in [-0.05, 0) is 38.3 Å². The van der Waals surface area contributed by atoms with E-state index < -0.39 is 23.6 Å². The van der Waals surface area contributed by atoms with Gasteiger partial charge >= 0.3 is 0 Å². The minimum absolute atomic E-state index is 0.0102. The predicted octanol–water partition coefficient (Wildman–Crippen LogP) is 5.82. The minimum atomic E-state index is -1.08. The van der Waals surface area contributed by atoms with Crippen molar-refractivity contribution in [3.05, 3.63) is 53.3 Å². The molecule has 0 aliphatic carbocycles. The lowest BCUT2D eigenvalue weighted by Crippen LogP contribution is -2.28. The third-order valence-electron chi connectivity index (χ3n) is 4.79. The summed E-state index contributed by atoms with van der Waals surface area (Å²) in [7, 11) is 0. The molecule has 1 fully saturated rings. The van der Waals surface area contributed by atoms with Crippen molar-refractivity contribution in [3.8, 4) is 16.9 Å². The molecule has 1 heterocycles. The summed E-state index contributed by atoms with van der Waals surface area (Å²) < 4.78 is 60.4. The maximum atomic E-state index is 14.7. The van der Waals surface area contributed by atoms with Crippen molar-refractivity contribution in [1.82, 2.24) is 0 Å². The number of benzene rings is 2. The lowest BCUT2D eigenvalue weighted by molar-refractivity contribution is -0.0875. The summed E-state index contributed by atoms with van der Waals surface area (Å²) in [6.45, 7) is 5.21. The van der Waals surface area contributed by atoms with Gasteiger partial charge in [0.15, 0.2) is 11.6 Å². The fourth-order valence-electron chi connectivity index (χ4n) is 3.38. The average molecular weight is 394 g/mol. The van der Waals surface area contributed by atoms with Crippen LogP contribution in [0.1, 0.15) is 44.8 Å². The van der Waals surface area contributed by atoms with Gasteiger partial charge in [0, 0.05) is 29.4 Å². The van der Waals surface area contributed by atoms with Gasteiger partial charge in [0.2, 0.25) is 0 Å². The zero-order chi connectivity index (χ0) is 20.1.